The second-order valence-corrected chi connectivity index (χ2v) is 8.32. The van der Waals surface area contributed by atoms with Crippen LogP contribution in [0.2, 0.25) is 0 Å². The zero-order chi connectivity index (χ0) is 20.6. The van der Waals surface area contributed by atoms with Crippen molar-refractivity contribution in [2.75, 3.05) is 11.9 Å². The lowest BCUT2D eigenvalue weighted by Crippen LogP contribution is -2.24. The molecule has 0 radical (unpaired) electrons. The Morgan fingerprint density at radius 2 is 1.90 bits per heavy atom. The molecule has 0 bridgehead atoms. The third-order valence-electron chi connectivity index (χ3n) is 5.31. The largest absolute Gasteiger partial charge is 0.481 e. The maximum Gasteiger partial charge on any atom is 0.311 e. The minimum absolute atomic E-state index is 0.381. The molecule has 1 aromatic carbocycles. The smallest absolute Gasteiger partial charge is 0.311 e. The summed E-state index contributed by atoms with van der Waals surface area (Å²) in [6.07, 6.45) is 8.03. The number of rotatable bonds is 7. The molecule has 0 aliphatic heterocycles. The fraction of sp³-hybridized carbons (Fsp3) is 0.182. The van der Waals surface area contributed by atoms with Crippen LogP contribution in [0.1, 0.15) is 12.8 Å². The summed E-state index contributed by atoms with van der Waals surface area (Å²) in [6.45, 7) is 0.381. The Morgan fingerprint density at radius 3 is 2.53 bits per heavy atom. The van der Waals surface area contributed by atoms with Gasteiger partial charge in [-0.3, -0.25) is 9.78 Å². The van der Waals surface area contributed by atoms with Gasteiger partial charge in [0.15, 0.2) is 17.3 Å². The molecule has 1 aliphatic rings. The topological polar surface area (TPSA) is 101 Å². The third kappa shape index (κ3) is 3.46. The highest BCUT2D eigenvalue weighted by atomic mass is 32.1. The van der Waals surface area contributed by atoms with Crippen LogP contribution in [0.15, 0.2) is 65.8 Å². The van der Waals surface area contributed by atoms with Crippen LogP contribution >= 0.6 is 11.3 Å². The van der Waals surface area contributed by atoms with E-state index in [0.29, 0.717) is 30.3 Å². The van der Waals surface area contributed by atoms with Gasteiger partial charge < -0.3 is 14.8 Å². The second-order valence-electron chi connectivity index (χ2n) is 7.32. The second kappa shape index (κ2) is 7.38. The summed E-state index contributed by atoms with van der Waals surface area (Å²) < 4.78 is 5.36. The first-order valence-corrected chi connectivity index (χ1v) is 10.3. The van der Waals surface area contributed by atoms with Crippen molar-refractivity contribution in [3.8, 4) is 33.0 Å². The number of carboxylic acids is 1. The lowest BCUT2D eigenvalue weighted by atomic mass is 10.1. The van der Waals surface area contributed by atoms with Crippen LogP contribution in [0.4, 0.5) is 5.13 Å². The van der Waals surface area contributed by atoms with E-state index in [1.807, 2.05) is 42.6 Å². The first kappa shape index (κ1) is 18.5. The first-order chi connectivity index (χ1) is 14.6. The van der Waals surface area contributed by atoms with Gasteiger partial charge in [-0.05, 0) is 18.9 Å². The number of carboxylic acid groups (broad SMARTS) is 1. The van der Waals surface area contributed by atoms with Crippen LogP contribution in [0.5, 0.6) is 0 Å². The van der Waals surface area contributed by atoms with Crippen molar-refractivity contribution in [2.45, 2.75) is 12.8 Å². The van der Waals surface area contributed by atoms with Gasteiger partial charge in [0.2, 0.25) is 0 Å². The molecule has 0 unspecified atom stereocenters. The van der Waals surface area contributed by atoms with E-state index < -0.39 is 11.4 Å². The van der Waals surface area contributed by atoms with E-state index in [9.17, 15) is 9.90 Å². The summed E-state index contributed by atoms with van der Waals surface area (Å²) in [6, 6.07) is 11.8. The lowest BCUT2D eigenvalue weighted by molar-refractivity contribution is -0.142. The first-order valence-electron chi connectivity index (χ1n) is 9.52. The Balaban J connectivity index is 1.48. The number of benzene rings is 1. The summed E-state index contributed by atoms with van der Waals surface area (Å²) in [5, 5.41) is 13.4. The average molecular weight is 418 g/mol. The number of pyridine rings is 1. The molecule has 7 nitrogen and oxygen atoms in total. The van der Waals surface area contributed by atoms with Crippen LogP contribution in [-0.2, 0) is 4.79 Å². The van der Waals surface area contributed by atoms with Crippen LogP contribution in [-0.4, -0.2) is 32.6 Å². The van der Waals surface area contributed by atoms with E-state index >= 15 is 0 Å². The van der Waals surface area contributed by atoms with Crippen LogP contribution in [0, 0.1) is 5.41 Å². The predicted octanol–water partition coefficient (Wildman–Crippen LogP) is 4.80. The summed E-state index contributed by atoms with van der Waals surface area (Å²) >= 11 is 1.51. The highest BCUT2D eigenvalue weighted by Crippen LogP contribution is 2.46. The standard InChI is InChI=1S/C22H18N4O3S/c27-20(28)22(7-8-22)12-25-21-26-18(19(30-21)16-2-1-9-23-10-16)15-5-3-14(4-6-15)17-11-24-13-29-17/h1-6,9-11,13H,7-8,12H2,(H,25,26)(H,27,28). The minimum atomic E-state index is -0.748. The zero-order valence-electron chi connectivity index (χ0n) is 15.9. The molecule has 0 saturated heterocycles. The molecule has 0 amide bonds. The predicted molar refractivity (Wildman–Crippen MR) is 114 cm³/mol. The fourth-order valence-corrected chi connectivity index (χ4v) is 4.27. The molecule has 1 saturated carbocycles. The van der Waals surface area contributed by atoms with Crippen LogP contribution in [0.25, 0.3) is 33.0 Å². The number of aromatic nitrogens is 3. The van der Waals surface area contributed by atoms with Crippen molar-refractivity contribution in [2.24, 2.45) is 5.41 Å². The van der Waals surface area contributed by atoms with Crippen molar-refractivity contribution >= 4 is 22.4 Å². The van der Waals surface area contributed by atoms with Crippen LogP contribution < -0.4 is 5.32 Å². The highest BCUT2D eigenvalue weighted by Gasteiger charge is 2.50. The lowest BCUT2D eigenvalue weighted by Gasteiger charge is -2.09. The minimum Gasteiger partial charge on any atom is -0.481 e. The highest BCUT2D eigenvalue weighted by molar-refractivity contribution is 7.19. The molecule has 150 valence electrons. The number of oxazole rings is 1. The number of thiazole rings is 1. The van der Waals surface area contributed by atoms with Gasteiger partial charge in [-0.1, -0.05) is 41.7 Å². The number of anilines is 1. The third-order valence-corrected chi connectivity index (χ3v) is 6.37. The maximum atomic E-state index is 11.5. The number of nitrogens with zero attached hydrogens (tertiary/aromatic N) is 3. The molecule has 3 aromatic heterocycles. The Bertz CT molecular complexity index is 1170. The van der Waals surface area contributed by atoms with Crippen molar-refractivity contribution in [1.29, 1.82) is 0 Å². The number of nitrogens with one attached hydrogen (secondary N) is 1. The Morgan fingerprint density at radius 1 is 1.10 bits per heavy atom. The summed E-state index contributed by atoms with van der Waals surface area (Å²) in [4.78, 5) is 25.4. The van der Waals surface area contributed by atoms with Gasteiger partial charge in [0.25, 0.3) is 0 Å². The quantitative estimate of drug-likeness (QED) is 0.444. The van der Waals surface area contributed by atoms with Crippen molar-refractivity contribution in [3.63, 3.8) is 0 Å². The van der Waals surface area contributed by atoms with Gasteiger partial charge in [-0.15, -0.1) is 0 Å². The maximum absolute atomic E-state index is 11.5. The fourth-order valence-electron chi connectivity index (χ4n) is 3.30. The molecule has 0 spiro atoms. The summed E-state index contributed by atoms with van der Waals surface area (Å²) in [7, 11) is 0. The number of hydrogen-bond acceptors (Lipinski definition) is 7. The van der Waals surface area contributed by atoms with E-state index in [-0.39, 0.29) is 0 Å². The van der Waals surface area contributed by atoms with Crippen molar-refractivity contribution < 1.29 is 14.3 Å². The molecular formula is C22H18N4O3S. The Kier molecular flexibility index (Phi) is 4.55. The molecule has 1 fully saturated rings. The van der Waals surface area contributed by atoms with Gasteiger partial charge in [0.05, 0.1) is 22.2 Å². The van der Waals surface area contributed by atoms with E-state index in [1.165, 1.54) is 17.7 Å². The van der Waals surface area contributed by atoms with Gasteiger partial charge in [0.1, 0.15) is 0 Å². The van der Waals surface area contributed by atoms with E-state index in [2.05, 4.69) is 15.3 Å². The van der Waals surface area contributed by atoms with Gasteiger partial charge in [-0.2, -0.15) is 0 Å². The van der Waals surface area contributed by atoms with Crippen molar-refractivity contribution in [3.05, 3.63) is 61.4 Å². The van der Waals surface area contributed by atoms with E-state index in [1.54, 1.807) is 12.4 Å². The normalized spacial score (nSPS) is 14.4. The molecule has 8 heteroatoms. The Labute approximate surface area is 176 Å². The molecule has 2 N–H and O–H groups in total. The van der Waals surface area contributed by atoms with Crippen LogP contribution in [0.3, 0.4) is 0 Å². The summed E-state index contributed by atoms with van der Waals surface area (Å²) in [5.41, 5.74) is 3.04. The average Bonchev–Trinajstić information content (AvgIpc) is 3.19. The molecular weight excluding hydrogens is 400 g/mol. The SMILES string of the molecule is O=C(O)C1(CNc2nc(-c3ccc(-c4cnco4)cc3)c(-c3cccnc3)s2)CC1. The molecule has 30 heavy (non-hydrogen) atoms. The van der Waals surface area contributed by atoms with Gasteiger partial charge in [0, 0.05) is 35.6 Å². The molecule has 3 heterocycles. The number of carbonyl (C=O) groups is 1. The summed E-state index contributed by atoms with van der Waals surface area (Å²) in [5.74, 6) is -0.0414. The van der Waals surface area contributed by atoms with E-state index in [4.69, 9.17) is 9.40 Å². The van der Waals surface area contributed by atoms with Gasteiger partial charge >= 0.3 is 5.97 Å². The number of aliphatic carboxylic acids is 1. The molecule has 4 aromatic rings. The number of hydrogen-bond donors (Lipinski definition) is 2. The van der Waals surface area contributed by atoms with Crippen molar-refractivity contribution in [1.82, 2.24) is 15.0 Å². The van der Waals surface area contributed by atoms with E-state index in [0.717, 1.165) is 27.3 Å². The Hall–Kier alpha value is -3.52. The monoisotopic (exact) mass is 418 g/mol. The van der Waals surface area contributed by atoms with Gasteiger partial charge in [-0.25, -0.2) is 9.97 Å². The zero-order valence-corrected chi connectivity index (χ0v) is 16.7. The molecule has 5 rings (SSSR count). The molecule has 1 aliphatic carbocycles. The molecule has 0 atom stereocenters.